The maximum Gasteiger partial charge on any atom is 0.410 e. The van der Waals surface area contributed by atoms with Gasteiger partial charge in [0.25, 0.3) is 0 Å². The van der Waals surface area contributed by atoms with Crippen LogP contribution in [0.15, 0.2) is 18.3 Å². The quantitative estimate of drug-likeness (QED) is 0.774. The van der Waals surface area contributed by atoms with E-state index in [1.807, 2.05) is 26.8 Å². The van der Waals surface area contributed by atoms with E-state index in [4.69, 9.17) is 16.3 Å². The third-order valence-corrected chi connectivity index (χ3v) is 5.14. The van der Waals surface area contributed by atoms with Gasteiger partial charge in [0.05, 0.1) is 5.75 Å². The van der Waals surface area contributed by atoms with Gasteiger partial charge in [0.15, 0.2) is 0 Å². The molecule has 0 bridgehead atoms. The zero-order valence-electron chi connectivity index (χ0n) is 13.8. The van der Waals surface area contributed by atoms with Gasteiger partial charge >= 0.3 is 6.09 Å². The van der Waals surface area contributed by atoms with Gasteiger partial charge in [-0.1, -0.05) is 17.7 Å². The summed E-state index contributed by atoms with van der Waals surface area (Å²) in [6.07, 6.45) is 3.11. The molecule has 0 radical (unpaired) electrons. The standard InChI is InChI=1S/C16H23ClN2O3S/c1-16(2,3)22-15(20)19-8-4-5-13(19)11-23(21)10-12-6-7-14(17)18-9-12/h6-7,9,13H,4-5,8,10-11H2,1-3H3. The molecule has 5 nitrogen and oxygen atoms in total. The van der Waals surface area contributed by atoms with E-state index in [2.05, 4.69) is 4.98 Å². The summed E-state index contributed by atoms with van der Waals surface area (Å²) in [5.74, 6) is 0.880. The van der Waals surface area contributed by atoms with Gasteiger partial charge in [0, 0.05) is 35.3 Å². The number of carbonyl (C=O) groups excluding carboxylic acids is 1. The minimum atomic E-state index is -1.06. The first-order valence-corrected chi connectivity index (χ1v) is 9.56. The Labute approximate surface area is 144 Å². The number of carbonyl (C=O) groups is 1. The summed E-state index contributed by atoms with van der Waals surface area (Å²) in [6.45, 7) is 6.21. The summed E-state index contributed by atoms with van der Waals surface area (Å²) < 4.78 is 17.8. The molecule has 1 aromatic heterocycles. The van der Waals surface area contributed by atoms with E-state index in [0.717, 1.165) is 18.4 Å². The van der Waals surface area contributed by atoms with Crippen molar-refractivity contribution < 1.29 is 13.7 Å². The van der Waals surface area contributed by atoms with Crippen molar-refractivity contribution in [2.75, 3.05) is 12.3 Å². The first kappa shape index (κ1) is 18.2. The summed E-state index contributed by atoms with van der Waals surface area (Å²) in [5.41, 5.74) is 0.368. The Balaban J connectivity index is 1.91. The largest absolute Gasteiger partial charge is 0.444 e. The van der Waals surface area contributed by atoms with Crippen molar-refractivity contribution in [3.05, 3.63) is 29.0 Å². The number of pyridine rings is 1. The van der Waals surface area contributed by atoms with Gasteiger partial charge in [-0.25, -0.2) is 9.78 Å². The van der Waals surface area contributed by atoms with Crippen molar-refractivity contribution in [3.8, 4) is 0 Å². The van der Waals surface area contributed by atoms with Crippen LogP contribution in [-0.2, 0) is 21.3 Å². The van der Waals surface area contributed by atoms with E-state index in [-0.39, 0.29) is 12.1 Å². The van der Waals surface area contributed by atoms with Crippen LogP contribution in [0.5, 0.6) is 0 Å². The second kappa shape index (κ2) is 7.62. The molecule has 1 aromatic rings. The Morgan fingerprint density at radius 2 is 2.22 bits per heavy atom. The highest BCUT2D eigenvalue weighted by molar-refractivity contribution is 7.84. The fraction of sp³-hybridized carbons (Fsp3) is 0.625. The lowest BCUT2D eigenvalue weighted by Gasteiger charge is -2.28. The minimum absolute atomic E-state index is 0.0223. The fourth-order valence-corrected chi connectivity index (χ4v) is 4.07. The Morgan fingerprint density at radius 1 is 1.48 bits per heavy atom. The van der Waals surface area contributed by atoms with Crippen molar-refractivity contribution >= 4 is 28.5 Å². The van der Waals surface area contributed by atoms with Gasteiger partial charge in [0.2, 0.25) is 0 Å². The van der Waals surface area contributed by atoms with Crippen LogP contribution in [0.2, 0.25) is 5.15 Å². The van der Waals surface area contributed by atoms with Crippen LogP contribution < -0.4 is 0 Å². The van der Waals surface area contributed by atoms with Crippen LogP contribution in [0.1, 0.15) is 39.2 Å². The van der Waals surface area contributed by atoms with Gasteiger partial charge in [-0.3, -0.25) is 4.21 Å². The van der Waals surface area contributed by atoms with Crippen LogP contribution >= 0.6 is 11.6 Å². The van der Waals surface area contributed by atoms with Gasteiger partial charge in [0.1, 0.15) is 10.8 Å². The number of ether oxygens (including phenoxy) is 1. The van der Waals surface area contributed by atoms with E-state index < -0.39 is 16.4 Å². The van der Waals surface area contributed by atoms with Gasteiger partial charge in [-0.15, -0.1) is 0 Å². The first-order valence-electron chi connectivity index (χ1n) is 7.69. The SMILES string of the molecule is CC(C)(C)OC(=O)N1CCCC1CS(=O)Cc1ccc(Cl)nc1. The Hall–Kier alpha value is -1.14. The van der Waals surface area contributed by atoms with Gasteiger partial charge in [-0.2, -0.15) is 0 Å². The molecular formula is C16H23ClN2O3S. The molecule has 7 heteroatoms. The molecule has 0 spiro atoms. The Morgan fingerprint density at radius 3 is 2.83 bits per heavy atom. The number of likely N-dealkylation sites (tertiary alicyclic amines) is 1. The highest BCUT2D eigenvalue weighted by Gasteiger charge is 2.33. The molecule has 1 aliphatic heterocycles. The van der Waals surface area contributed by atoms with Gasteiger partial charge < -0.3 is 9.64 Å². The summed E-state index contributed by atoms with van der Waals surface area (Å²) in [5, 5.41) is 0.423. The van der Waals surface area contributed by atoms with E-state index in [1.165, 1.54) is 0 Å². The van der Waals surface area contributed by atoms with Crippen LogP contribution in [-0.4, -0.2) is 44.1 Å². The number of nitrogens with zero attached hydrogens (tertiary/aromatic N) is 2. The summed E-state index contributed by atoms with van der Waals surface area (Å²) >= 11 is 5.75. The second-order valence-corrected chi connectivity index (χ2v) is 8.60. The molecule has 0 aliphatic carbocycles. The lowest BCUT2D eigenvalue weighted by Crippen LogP contribution is -2.42. The number of rotatable bonds is 4. The maximum atomic E-state index is 12.4. The van der Waals surface area contributed by atoms with Crippen molar-refractivity contribution in [1.29, 1.82) is 0 Å². The smallest absolute Gasteiger partial charge is 0.410 e. The molecule has 0 N–H and O–H groups in total. The average Bonchev–Trinajstić information content (AvgIpc) is 2.87. The van der Waals surface area contributed by atoms with Crippen molar-refractivity contribution in [2.45, 2.75) is 51.0 Å². The summed E-state index contributed by atoms with van der Waals surface area (Å²) in [4.78, 5) is 17.9. The highest BCUT2D eigenvalue weighted by atomic mass is 35.5. The molecule has 128 valence electrons. The third-order valence-electron chi connectivity index (χ3n) is 3.50. The van der Waals surface area contributed by atoms with Gasteiger partial charge in [-0.05, 0) is 45.2 Å². The number of halogens is 1. The van der Waals surface area contributed by atoms with Crippen molar-refractivity contribution in [1.82, 2.24) is 9.88 Å². The Bertz CT molecular complexity index is 572. The van der Waals surface area contributed by atoms with Crippen LogP contribution in [0.25, 0.3) is 0 Å². The van der Waals surface area contributed by atoms with E-state index in [1.54, 1.807) is 17.2 Å². The Kier molecular flexibility index (Phi) is 6.03. The van der Waals surface area contributed by atoms with E-state index >= 15 is 0 Å². The molecule has 2 rings (SSSR count). The van der Waals surface area contributed by atoms with E-state index in [9.17, 15) is 9.00 Å². The number of hydrogen-bond donors (Lipinski definition) is 0. The predicted molar refractivity (Wildman–Crippen MR) is 91.9 cm³/mol. The monoisotopic (exact) mass is 358 g/mol. The predicted octanol–water partition coefficient (Wildman–Crippen LogP) is 3.38. The molecule has 2 heterocycles. The molecule has 0 saturated carbocycles. The molecule has 1 aliphatic rings. The molecule has 23 heavy (non-hydrogen) atoms. The molecule has 2 atom stereocenters. The zero-order valence-corrected chi connectivity index (χ0v) is 15.3. The third kappa shape index (κ3) is 5.77. The van der Waals surface area contributed by atoms with Crippen LogP contribution in [0.4, 0.5) is 4.79 Å². The second-order valence-electron chi connectivity index (χ2n) is 6.71. The highest BCUT2D eigenvalue weighted by Crippen LogP contribution is 2.22. The molecule has 1 fully saturated rings. The normalized spacial score (nSPS) is 19.7. The lowest BCUT2D eigenvalue weighted by atomic mass is 10.2. The maximum absolute atomic E-state index is 12.4. The summed E-state index contributed by atoms with van der Waals surface area (Å²) in [7, 11) is -1.06. The van der Waals surface area contributed by atoms with Crippen LogP contribution in [0, 0.1) is 0 Å². The summed E-state index contributed by atoms with van der Waals surface area (Å²) in [6, 6.07) is 3.50. The topological polar surface area (TPSA) is 59.5 Å². The first-order chi connectivity index (χ1) is 10.7. The number of hydrogen-bond acceptors (Lipinski definition) is 4. The molecular weight excluding hydrogens is 336 g/mol. The van der Waals surface area contributed by atoms with Crippen molar-refractivity contribution in [3.63, 3.8) is 0 Å². The minimum Gasteiger partial charge on any atom is -0.444 e. The molecule has 2 unspecified atom stereocenters. The zero-order chi connectivity index (χ0) is 17.0. The lowest BCUT2D eigenvalue weighted by molar-refractivity contribution is 0.0241. The molecule has 1 saturated heterocycles. The van der Waals surface area contributed by atoms with Crippen molar-refractivity contribution in [2.24, 2.45) is 0 Å². The van der Waals surface area contributed by atoms with Crippen LogP contribution in [0.3, 0.4) is 0 Å². The molecule has 1 amide bonds. The molecule has 0 aromatic carbocycles. The van der Waals surface area contributed by atoms with E-state index in [0.29, 0.717) is 23.2 Å². The number of amides is 1. The fourth-order valence-electron chi connectivity index (χ4n) is 2.52. The number of aromatic nitrogens is 1. The average molecular weight is 359 g/mol.